The maximum Gasteiger partial charge on any atom is 0.202 e. The molecule has 0 bridgehead atoms. The Labute approximate surface area is 96.7 Å². The highest BCUT2D eigenvalue weighted by Crippen LogP contribution is 2.08. The first-order valence-electron chi connectivity index (χ1n) is 5.48. The summed E-state index contributed by atoms with van der Waals surface area (Å²) in [7, 11) is 0. The lowest BCUT2D eigenvalue weighted by Crippen LogP contribution is -2.11. The maximum absolute atomic E-state index is 4.31. The quantitative estimate of drug-likeness (QED) is 0.726. The van der Waals surface area contributed by atoms with E-state index in [4.69, 9.17) is 0 Å². The molecular weight excluding hydrogens is 206 g/mol. The minimum atomic E-state index is 0.658. The molecule has 0 atom stereocenters. The highest BCUT2D eigenvalue weighted by Gasteiger charge is 2.02. The maximum atomic E-state index is 4.31. The van der Waals surface area contributed by atoms with Crippen molar-refractivity contribution in [2.45, 2.75) is 26.8 Å². The molecule has 1 heterocycles. The van der Waals surface area contributed by atoms with Gasteiger partial charge < -0.3 is 9.88 Å². The molecule has 0 radical (unpaired) electrons. The first kappa shape index (κ1) is 12.4. The molecule has 0 aliphatic carbocycles. The molecule has 0 aliphatic rings. The van der Waals surface area contributed by atoms with Gasteiger partial charge in [-0.2, -0.15) is 11.8 Å². The van der Waals surface area contributed by atoms with Crippen LogP contribution in [0.2, 0.25) is 0 Å². The van der Waals surface area contributed by atoms with Crippen LogP contribution in [-0.2, 0) is 6.54 Å². The van der Waals surface area contributed by atoms with E-state index in [1.54, 1.807) is 0 Å². The summed E-state index contributed by atoms with van der Waals surface area (Å²) in [5.41, 5.74) is 0. The highest BCUT2D eigenvalue weighted by atomic mass is 32.2. The zero-order chi connectivity index (χ0) is 11.1. The number of anilines is 1. The van der Waals surface area contributed by atoms with Crippen LogP contribution in [0.1, 0.15) is 20.3 Å². The second-order valence-electron chi connectivity index (χ2n) is 4.07. The van der Waals surface area contributed by atoms with Crippen LogP contribution in [0.25, 0.3) is 0 Å². The van der Waals surface area contributed by atoms with Crippen molar-refractivity contribution in [3.05, 3.63) is 12.4 Å². The number of nitrogens with zero attached hydrogens (tertiary/aromatic N) is 2. The molecule has 0 amide bonds. The molecule has 0 saturated heterocycles. The monoisotopic (exact) mass is 227 g/mol. The summed E-state index contributed by atoms with van der Waals surface area (Å²) in [4.78, 5) is 4.31. The predicted octanol–water partition coefficient (Wildman–Crippen LogP) is 2.70. The van der Waals surface area contributed by atoms with Crippen LogP contribution in [0.15, 0.2) is 12.4 Å². The van der Waals surface area contributed by atoms with E-state index in [1.807, 2.05) is 24.2 Å². The van der Waals surface area contributed by atoms with E-state index >= 15 is 0 Å². The Hall–Kier alpha value is -0.640. The van der Waals surface area contributed by atoms with Gasteiger partial charge in [0.1, 0.15) is 0 Å². The molecule has 1 rings (SSSR count). The summed E-state index contributed by atoms with van der Waals surface area (Å²) < 4.78 is 2.18. The smallest absolute Gasteiger partial charge is 0.202 e. The number of nitrogens with one attached hydrogen (secondary N) is 1. The molecule has 4 heteroatoms. The van der Waals surface area contributed by atoms with E-state index in [1.165, 1.54) is 12.2 Å². The highest BCUT2D eigenvalue weighted by molar-refractivity contribution is 7.98. The van der Waals surface area contributed by atoms with Gasteiger partial charge in [0.05, 0.1) is 0 Å². The molecule has 3 nitrogen and oxygen atoms in total. The molecule has 15 heavy (non-hydrogen) atoms. The van der Waals surface area contributed by atoms with E-state index in [2.05, 4.69) is 35.0 Å². The number of hydrogen-bond acceptors (Lipinski definition) is 3. The second kappa shape index (κ2) is 6.77. The Morgan fingerprint density at radius 3 is 3.00 bits per heavy atom. The normalized spacial score (nSPS) is 10.9. The van der Waals surface area contributed by atoms with Crippen molar-refractivity contribution in [1.29, 1.82) is 0 Å². The lowest BCUT2D eigenvalue weighted by molar-refractivity contribution is 0.526. The Morgan fingerprint density at radius 1 is 1.53 bits per heavy atom. The summed E-state index contributed by atoms with van der Waals surface area (Å²) in [6, 6.07) is 0. The number of imidazole rings is 1. The summed E-state index contributed by atoms with van der Waals surface area (Å²) in [6.07, 6.45) is 7.23. The molecule has 86 valence electrons. The van der Waals surface area contributed by atoms with Crippen LogP contribution >= 0.6 is 11.8 Å². The molecule has 0 saturated carbocycles. The Morgan fingerprint density at radius 2 is 2.33 bits per heavy atom. The first-order chi connectivity index (χ1) is 7.24. The van der Waals surface area contributed by atoms with Gasteiger partial charge in [-0.3, -0.25) is 0 Å². The average molecular weight is 227 g/mol. The summed E-state index contributed by atoms with van der Waals surface area (Å²) in [5.74, 6) is 2.87. The first-order valence-corrected chi connectivity index (χ1v) is 6.87. The van der Waals surface area contributed by atoms with Crippen molar-refractivity contribution < 1.29 is 0 Å². The minimum Gasteiger partial charge on any atom is -0.356 e. The van der Waals surface area contributed by atoms with E-state index in [0.717, 1.165) is 19.0 Å². The van der Waals surface area contributed by atoms with Gasteiger partial charge in [0, 0.05) is 25.5 Å². The Kier molecular flexibility index (Phi) is 5.61. The van der Waals surface area contributed by atoms with Gasteiger partial charge in [-0.15, -0.1) is 0 Å². The van der Waals surface area contributed by atoms with Gasteiger partial charge in [0.15, 0.2) is 0 Å². The lowest BCUT2D eigenvalue weighted by Gasteiger charge is -2.11. The fourth-order valence-corrected chi connectivity index (χ4v) is 1.87. The predicted molar refractivity (Wildman–Crippen MR) is 68.6 cm³/mol. The fourth-order valence-electron chi connectivity index (χ4n) is 1.43. The van der Waals surface area contributed by atoms with Crippen LogP contribution in [-0.4, -0.2) is 28.1 Å². The molecule has 0 fully saturated rings. The fraction of sp³-hybridized carbons (Fsp3) is 0.727. The van der Waals surface area contributed by atoms with Crippen molar-refractivity contribution in [3.8, 4) is 0 Å². The minimum absolute atomic E-state index is 0.658. The van der Waals surface area contributed by atoms with Crippen molar-refractivity contribution >= 4 is 17.7 Å². The Bertz CT molecular complexity index is 271. The molecule has 0 spiro atoms. The average Bonchev–Trinajstić information content (AvgIpc) is 2.59. The summed E-state index contributed by atoms with van der Waals surface area (Å²) in [5, 5.41) is 3.37. The number of rotatable bonds is 7. The van der Waals surface area contributed by atoms with Gasteiger partial charge in [0.2, 0.25) is 5.95 Å². The van der Waals surface area contributed by atoms with Crippen LogP contribution in [0.4, 0.5) is 5.95 Å². The van der Waals surface area contributed by atoms with Crippen LogP contribution in [0.3, 0.4) is 0 Å². The van der Waals surface area contributed by atoms with Gasteiger partial charge >= 0.3 is 0 Å². The zero-order valence-electron chi connectivity index (χ0n) is 9.86. The van der Waals surface area contributed by atoms with Gasteiger partial charge in [0.25, 0.3) is 0 Å². The summed E-state index contributed by atoms with van der Waals surface area (Å²) in [6.45, 7) is 6.48. The third kappa shape index (κ3) is 4.60. The molecule has 1 aromatic heterocycles. The molecule has 0 aromatic carbocycles. The van der Waals surface area contributed by atoms with Crippen LogP contribution < -0.4 is 5.32 Å². The standard InChI is InChI=1S/C11H21N3S/c1-10(2)9-14-7-6-13-11(14)12-5-4-8-15-3/h6-7,10H,4-5,8-9H2,1-3H3,(H,12,13). The van der Waals surface area contributed by atoms with Crippen molar-refractivity contribution in [2.24, 2.45) is 5.92 Å². The number of thioether (sulfide) groups is 1. The Balaban J connectivity index is 2.36. The second-order valence-corrected chi connectivity index (χ2v) is 5.06. The third-order valence-corrected chi connectivity index (χ3v) is 2.78. The van der Waals surface area contributed by atoms with Crippen molar-refractivity contribution in [1.82, 2.24) is 9.55 Å². The van der Waals surface area contributed by atoms with E-state index < -0.39 is 0 Å². The van der Waals surface area contributed by atoms with E-state index in [0.29, 0.717) is 5.92 Å². The zero-order valence-corrected chi connectivity index (χ0v) is 10.7. The molecule has 0 aliphatic heterocycles. The number of aromatic nitrogens is 2. The van der Waals surface area contributed by atoms with Crippen molar-refractivity contribution in [2.75, 3.05) is 23.9 Å². The molecule has 1 N–H and O–H groups in total. The molecule has 1 aromatic rings. The SMILES string of the molecule is CSCCCNc1nccn1CC(C)C. The molecular formula is C11H21N3S. The van der Waals surface area contributed by atoms with Crippen LogP contribution in [0, 0.1) is 5.92 Å². The van der Waals surface area contributed by atoms with E-state index in [9.17, 15) is 0 Å². The van der Waals surface area contributed by atoms with Gasteiger partial charge in [-0.1, -0.05) is 13.8 Å². The number of hydrogen-bond donors (Lipinski definition) is 1. The van der Waals surface area contributed by atoms with E-state index in [-0.39, 0.29) is 0 Å². The van der Waals surface area contributed by atoms with Gasteiger partial charge in [-0.25, -0.2) is 4.98 Å². The molecule has 0 unspecified atom stereocenters. The van der Waals surface area contributed by atoms with Crippen LogP contribution in [0.5, 0.6) is 0 Å². The largest absolute Gasteiger partial charge is 0.356 e. The lowest BCUT2D eigenvalue weighted by atomic mass is 10.2. The third-order valence-electron chi connectivity index (χ3n) is 2.09. The van der Waals surface area contributed by atoms with Crippen molar-refractivity contribution in [3.63, 3.8) is 0 Å². The topological polar surface area (TPSA) is 29.9 Å². The summed E-state index contributed by atoms with van der Waals surface area (Å²) >= 11 is 1.89. The van der Waals surface area contributed by atoms with Gasteiger partial charge in [-0.05, 0) is 24.3 Å².